The van der Waals surface area contributed by atoms with Gasteiger partial charge in [0.2, 0.25) is 0 Å². The topological polar surface area (TPSA) is 23.8 Å². The molecule has 1 nitrogen and oxygen atoms in total. The first kappa shape index (κ1) is 9.62. The number of benzene rings is 1. The third-order valence-corrected chi connectivity index (χ3v) is 1.48. The van der Waals surface area contributed by atoms with Gasteiger partial charge in [0.15, 0.2) is 0 Å². The average molecular weight is 127 g/mol. The van der Waals surface area contributed by atoms with Crippen molar-refractivity contribution in [1.82, 2.24) is 0 Å². The summed E-state index contributed by atoms with van der Waals surface area (Å²) in [6.07, 6.45) is 0. The van der Waals surface area contributed by atoms with Gasteiger partial charge in [-0.3, -0.25) is 0 Å². The second-order valence-electron chi connectivity index (χ2n) is 2.27. The Morgan fingerprint density at radius 1 is 1.10 bits per heavy atom. The molecule has 1 aromatic rings. The molecule has 2 heteroatoms. The van der Waals surface area contributed by atoms with Gasteiger partial charge in [0.1, 0.15) is 0 Å². The number of nitrogens with one attached hydrogen (secondary N) is 1. The van der Waals surface area contributed by atoms with E-state index in [0.717, 1.165) is 11.1 Å². The fraction of sp³-hybridized carbons (Fsp3) is 0.250. The summed E-state index contributed by atoms with van der Waals surface area (Å²) < 4.78 is 0. The predicted molar refractivity (Wildman–Crippen MR) is 39.9 cm³/mol. The fourth-order valence-electron chi connectivity index (χ4n) is 0.814. The van der Waals surface area contributed by atoms with Crippen LogP contribution in [-0.2, 0) is 0 Å². The van der Waals surface area contributed by atoms with Gasteiger partial charge in [0, 0.05) is 0 Å². The number of rotatable bonds is 0. The van der Waals surface area contributed by atoms with Crippen LogP contribution in [0.25, 0.3) is 5.73 Å². The summed E-state index contributed by atoms with van der Waals surface area (Å²) in [5.74, 6) is 0. The Morgan fingerprint density at radius 2 is 1.50 bits per heavy atom. The smallest absolute Gasteiger partial charge is 0.698 e. The molecular weight excluding hydrogens is 117 g/mol. The minimum Gasteiger partial charge on any atom is -0.698 e. The van der Waals surface area contributed by atoms with Crippen LogP contribution in [0.5, 0.6) is 0 Å². The first-order valence-corrected chi connectivity index (χ1v) is 2.99. The van der Waals surface area contributed by atoms with Gasteiger partial charge in [-0.15, -0.1) is 5.69 Å². The minimum atomic E-state index is 0. The van der Waals surface area contributed by atoms with Crippen molar-refractivity contribution in [3.8, 4) is 0 Å². The quantitative estimate of drug-likeness (QED) is 0.438. The van der Waals surface area contributed by atoms with Gasteiger partial charge in [-0.25, -0.2) is 0 Å². The van der Waals surface area contributed by atoms with Crippen LogP contribution < -0.4 is 18.9 Å². The monoisotopic (exact) mass is 127 g/mol. The predicted octanol–water partition coefficient (Wildman–Crippen LogP) is -0.00886. The molecule has 0 aromatic heterocycles. The van der Waals surface area contributed by atoms with Crippen LogP contribution >= 0.6 is 0 Å². The SMILES string of the molecule is Cc1cccc(C)c1[NH-].[Li+]. The van der Waals surface area contributed by atoms with Gasteiger partial charge in [-0.1, -0.05) is 29.3 Å². The zero-order valence-electron chi connectivity index (χ0n) is 6.73. The summed E-state index contributed by atoms with van der Waals surface area (Å²) >= 11 is 0. The molecule has 10 heavy (non-hydrogen) atoms. The maximum absolute atomic E-state index is 7.44. The van der Waals surface area contributed by atoms with Gasteiger partial charge >= 0.3 is 18.9 Å². The van der Waals surface area contributed by atoms with Crippen molar-refractivity contribution in [2.75, 3.05) is 0 Å². The van der Waals surface area contributed by atoms with Crippen molar-refractivity contribution in [2.24, 2.45) is 0 Å². The summed E-state index contributed by atoms with van der Waals surface area (Å²) in [5, 5.41) is 0. The molecule has 0 heterocycles. The summed E-state index contributed by atoms with van der Waals surface area (Å²) in [6.45, 7) is 3.91. The molecule has 0 spiro atoms. The van der Waals surface area contributed by atoms with Gasteiger partial charge < -0.3 is 5.73 Å². The Bertz CT molecular complexity index is 200. The van der Waals surface area contributed by atoms with Gasteiger partial charge in [0.05, 0.1) is 0 Å². The van der Waals surface area contributed by atoms with Gasteiger partial charge in [-0.05, 0) is 13.8 Å². The molecule has 0 unspecified atom stereocenters. The third kappa shape index (κ3) is 1.80. The van der Waals surface area contributed by atoms with Gasteiger partial charge in [-0.2, -0.15) is 0 Å². The van der Waals surface area contributed by atoms with E-state index in [2.05, 4.69) is 0 Å². The average Bonchev–Trinajstić information content (AvgIpc) is 1.83. The van der Waals surface area contributed by atoms with Crippen molar-refractivity contribution in [1.29, 1.82) is 0 Å². The Hall–Kier alpha value is -0.383. The van der Waals surface area contributed by atoms with Crippen LogP contribution in [0.4, 0.5) is 5.69 Å². The van der Waals surface area contributed by atoms with E-state index in [9.17, 15) is 0 Å². The molecule has 0 aliphatic heterocycles. The van der Waals surface area contributed by atoms with Crippen LogP contribution in [0.3, 0.4) is 0 Å². The Balaban J connectivity index is 0.000000810. The largest absolute Gasteiger partial charge is 1.00 e. The standard InChI is InChI=1S/C8H10N.Li/c1-6-4-3-5-7(2)8(6)9;/h3-5,9H,1-2H3;/q-1;+1. The van der Waals surface area contributed by atoms with Gasteiger partial charge in [0.25, 0.3) is 0 Å². The zero-order chi connectivity index (χ0) is 6.85. The maximum atomic E-state index is 7.44. The third-order valence-electron chi connectivity index (χ3n) is 1.48. The fourth-order valence-corrected chi connectivity index (χ4v) is 0.814. The molecule has 0 bridgehead atoms. The van der Waals surface area contributed by atoms with Crippen molar-refractivity contribution in [2.45, 2.75) is 13.8 Å². The summed E-state index contributed by atoms with van der Waals surface area (Å²) in [7, 11) is 0. The molecular formula is C8H10LiN. The molecule has 0 aliphatic rings. The van der Waals surface area contributed by atoms with E-state index in [1.807, 2.05) is 32.0 Å². The molecule has 0 aliphatic carbocycles. The number of hydrogen-bond acceptors (Lipinski definition) is 0. The normalized spacial score (nSPS) is 8.60. The molecule has 0 radical (unpaired) electrons. The molecule has 1 aromatic carbocycles. The second-order valence-corrected chi connectivity index (χ2v) is 2.27. The van der Waals surface area contributed by atoms with E-state index in [1.54, 1.807) is 0 Å². The summed E-state index contributed by atoms with van der Waals surface area (Å²) in [4.78, 5) is 0. The first-order valence-electron chi connectivity index (χ1n) is 2.99. The van der Waals surface area contributed by atoms with Crippen molar-refractivity contribution < 1.29 is 18.9 Å². The van der Waals surface area contributed by atoms with Crippen LogP contribution in [0.15, 0.2) is 18.2 Å². The summed E-state index contributed by atoms with van der Waals surface area (Å²) in [6, 6.07) is 5.88. The van der Waals surface area contributed by atoms with E-state index >= 15 is 0 Å². The van der Waals surface area contributed by atoms with E-state index in [0.29, 0.717) is 5.69 Å². The minimum absolute atomic E-state index is 0. The molecule has 1 N–H and O–H groups in total. The van der Waals surface area contributed by atoms with Crippen LogP contribution in [0.1, 0.15) is 11.1 Å². The summed E-state index contributed by atoms with van der Waals surface area (Å²) in [5.41, 5.74) is 10.2. The van der Waals surface area contributed by atoms with Crippen molar-refractivity contribution >= 4 is 5.69 Å². The molecule has 0 saturated carbocycles. The Labute approximate surface area is 73.8 Å². The Morgan fingerprint density at radius 3 is 1.80 bits per heavy atom. The molecule has 48 valence electrons. The van der Waals surface area contributed by atoms with E-state index in [4.69, 9.17) is 5.73 Å². The van der Waals surface area contributed by atoms with E-state index in [-0.39, 0.29) is 18.9 Å². The van der Waals surface area contributed by atoms with Crippen LogP contribution in [0, 0.1) is 13.8 Å². The van der Waals surface area contributed by atoms with E-state index < -0.39 is 0 Å². The number of hydrogen-bond donors (Lipinski definition) is 0. The maximum Gasteiger partial charge on any atom is 1.00 e. The zero-order valence-corrected chi connectivity index (χ0v) is 6.73. The Kier molecular flexibility index (Phi) is 3.56. The van der Waals surface area contributed by atoms with Crippen molar-refractivity contribution in [3.63, 3.8) is 0 Å². The first-order chi connectivity index (χ1) is 4.22. The van der Waals surface area contributed by atoms with Crippen LogP contribution in [0.2, 0.25) is 0 Å². The molecule has 0 amide bonds. The molecule has 0 saturated heterocycles. The van der Waals surface area contributed by atoms with Crippen LogP contribution in [-0.4, -0.2) is 0 Å². The van der Waals surface area contributed by atoms with Crippen molar-refractivity contribution in [3.05, 3.63) is 35.1 Å². The molecule has 0 atom stereocenters. The molecule has 1 rings (SSSR count). The second kappa shape index (κ2) is 3.70. The molecule has 0 fully saturated rings. The number of aryl methyl sites for hydroxylation is 2. The van der Waals surface area contributed by atoms with E-state index in [1.165, 1.54) is 0 Å².